The highest BCUT2D eigenvalue weighted by Crippen LogP contribution is 2.28. The fourth-order valence-electron chi connectivity index (χ4n) is 2.06. The van der Waals surface area contributed by atoms with Crippen LogP contribution in [-0.4, -0.2) is 9.97 Å². The maximum absolute atomic E-state index is 9.41. The van der Waals surface area contributed by atoms with Crippen molar-refractivity contribution >= 4 is 0 Å². The molecule has 0 fully saturated rings. The molecular formula is C15H15N3. The first kappa shape index (κ1) is 12.3. The molecule has 2 rings (SSSR count). The van der Waals surface area contributed by atoms with Crippen molar-refractivity contribution in [1.82, 2.24) is 9.97 Å². The SMILES string of the molecule is Cc1ccc(C(C#N)c2ccncn2)c(C)c1C. The monoisotopic (exact) mass is 237 g/mol. The highest BCUT2D eigenvalue weighted by atomic mass is 14.8. The molecule has 0 aliphatic carbocycles. The van der Waals surface area contributed by atoms with Gasteiger partial charge in [0.25, 0.3) is 0 Å². The molecule has 0 spiro atoms. The fourth-order valence-corrected chi connectivity index (χ4v) is 2.06. The first-order chi connectivity index (χ1) is 8.65. The van der Waals surface area contributed by atoms with E-state index in [0.717, 1.165) is 11.3 Å². The molecule has 0 bridgehead atoms. The van der Waals surface area contributed by atoms with Gasteiger partial charge in [-0.15, -0.1) is 0 Å². The Labute approximate surface area is 107 Å². The molecule has 0 N–H and O–H groups in total. The Bertz CT molecular complexity index is 597. The summed E-state index contributed by atoms with van der Waals surface area (Å²) in [6.45, 7) is 6.23. The molecule has 3 nitrogen and oxygen atoms in total. The lowest BCUT2D eigenvalue weighted by Gasteiger charge is -2.15. The van der Waals surface area contributed by atoms with Crippen LogP contribution < -0.4 is 0 Å². The molecule has 2 aromatic rings. The van der Waals surface area contributed by atoms with Gasteiger partial charge >= 0.3 is 0 Å². The van der Waals surface area contributed by atoms with Gasteiger partial charge in [-0.2, -0.15) is 5.26 Å². The second-order valence-electron chi connectivity index (χ2n) is 4.42. The van der Waals surface area contributed by atoms with Crippen LogP contribution in [0.1, 0.15) is 33.9 Å². The van der Waals surface area contributed by atoms with Crippen molar-refractivity contribution in [2.45, 2.75) is 26.7 Å². The van der Waals surface area contributed by atoms with Crippen LogP contribution in [-0.2, 0) is 0 Å². The average Bonchev–Trinajstić information content (AvgIpc) is 2.41. The second kappa shape index (κ2) is 4.97. The van der Waals surface area contributed by atoms with Crippen molar-refractivity contribution in [2.24, 2.45) is 0 Å². The van der Waals surface area contributed by atoms with E-state index in [1.165, 1.54) is 23.0 Å². The molecule has 0 saturated heterocycles. The van der Waals surface area contributed by atoms with Gasteiger partial charge in [0.15, 0.2) is 0 Å². The highest BCUT2D eigenvalue weighted by molar-refractivity contribution is 5.45. The van der Waals surface area contributed by atoms with E-state index in [1.807, 2.05) is 6.07 Å². The summed E-state index contributed by atoms with van der Waals surface area (Å²) >= 11 is 0. The largest absolute Gasteiger partial charge is 0.245 e. The van der Waals surface area contributed by atoms with Crippen LogP contribution in [0.25, 0.3) is 0 Å². The van der Waals surface area contributed by atoms with Gasteiger partial charge in [0.1, 0.15) is 12.2 Å². The molecule has 0 aliphatic rings. The number of nitrogens with zero attached hydrogens (tertiary/aromatic N) is 3. The van der Waals surface area contributed by atoms with E-state index in [9.17, 15) is 5.26 Å². The summed E-state index contributed by atoms with van der Waals surface area (Å²) in [6.07, 6.45) is 3.15. The van der Waals surface area contributed by atoms with E-state index in [2.05, 4.69) is 42.9 Å². The summed E-state index contributed by atoms with van der Waals surface area (Å²) in [5.41, 5.74) is 5.43. The first-order valence-corrected chi connectivity index (χ1v) is 5.87. The molecule has 0 saturated carbocycles. The van der Waals surface area contributed by atoms with Crippen LogP contribution in [0.5, 0.6) is 0 Å². The molecule has 90 valence electrons. The Morgan fingerprint density at radius 1 is 1.11 bits per heavy atom. The van der Waals surface area contributed by atoms with Crippen molar-refractivity contribution in [1.29, 1.82) is 5.26 Å². The molecule has 3 heteroatoms. The third-order valence-corrected chi connectivity index (χ3v) is 3.44. The zero-order valence-electron chi connectivity index (χ0n) is 10.8. The number of aromatic nitrogens is 2. The molecule has 0 radical (unpaired) electrons. The minimum Gasteiger partial charge on any atom is -0.245 e. The summed E-state index contributed by atoms with van der Waals surface area (Å²) in [7, 11) is 0. The molecule has 1 aromatic carbocycles. The molecule has 1 unspecified atom stereocenters. The number of benzene rings is 1. The van der Waals surface area contributed by atoms with Crippen LogP contribution in [0, 0.1) is 32.1 Å². The first-order valence-electron chi connectivity index (χ1n) is 5.87. The van der Waals surface area contributed by atoms with E-state index < -0.39 is 0 Å². The average molecular weight is 237 g/mol. The van der Waals surface area contributed by atoms with Crippen molar-refractivity contribution in [3.8, 4) is 6.07 Å². The van der Waals surface area contributed by atoms with Crippen LogP contribution in [0.3, 0.4) is 0 Å². The maximum Gasteiger partial charge on any atom is 0.115 e. The predicted octanol–water partition coefficient (Wildman–Crippen LogP) is 3.06. The normalized spacial score (nSPS) is 11.9. The third kappa shape index (κ3) is 2.10. The Balaban J connectivity index is 2.54. The summed E-state index contributed by atoms with van der Waals surface area (Å²) in [6, 6.07) is 8.21. The molecule has 0 amide bonds. The van der Waals surface area contributed by atoms with Crippen molar-refractivity contribution in [3.63, 3.8) is 0 Å². The van der Waals surface area contributed by atoms with Gasteiger partial charge in [-0.1, -0.05) is 12.1 Å². The Hall–Kier alpha value is -2.21. The predicted molar refractivity (Wildman–Crippen MR) is 70.1 cm³/mol. The van der Waals surface area contributed by atoms with Gasteiger partial charge in [-0.25, -0.2) is 9.97 Å². The van der Waals surface area contributed by atoms with Crippen LogP contribution in [0.2, 0.25) is 0 Å². The lowest BCUT2D eigenvalue weighted by molar-refractivity contribution is 0.929. The standard InChI is InChI=1S/C15H15N3/c1-10-4-5-13(12(3)11(10)2)14(8-16)15-6-7-17-9-18-15/h4-7,9,14H,1-3H3. The van der Waals surface area contributed by atoms with Gasteiger partial charge in [0.2, 0.25) is 0 Å². The number of aryl methyl sites for hydroxylation is 1. The molecule has 1 heterocycles. The van der Waals surface area contributed by atoms with E-state index in [-0.39, 0.29) is 5.92 Å². The van der Waals surface area contributed by atoms with Crippen LogP contribution in [0.4, 0.5) is 0 Å². The second-order valence-corrected chi connectivity index (χ2v) is 4.42. The summed E-state index contributed by atoms with van der Waals surface area (Å²) in [5, 5.41) is 9.41. The lowest BCUT2D eigenvalue weighted by atomic mass is 9.89. The van der Waals surface area contributed by atoms with E-state index in [4.69, 9.17) is 0 Å². The maximum atomic E-state index is 9.41. The Morgan fingerprint density at radius 3 is 2.50 bits per heavy atom. The van der Waals surface area contributed by atoms with Crippen molar-refractivity contribution in [2.75, 3.05) is 0 Å². The van der Waals surface area contributed by atoms with E-state index >= 15 is 0 Å². The fraction of sp³-hybridized carbons (Fsp3) is 0.267. The smallest absolute Gasteiger partial charge is 0.115 e. The third-order valence-electron chi connectivity index (χ3n) is 3.44. The van der Waals surface area contributed by atoms with E-state index in [1.54, 1.807) is 12.3 Å². The molecule has 1 aromatic heterocycles. The van der Waals surface area contributed by atoms with Crippen LogP contribution in [0.15, 0.2) is 30.7 Å². The van der Waals surface area contributed by atoms with Crippen molar-refractivity contribution < 1.29 is 0 Å². The lowest BCUT2D eigenvalue weighted by Crippen LogP contribution is -2.05. The minimum atomic E-state index is -0.327. The molecule has 18 heavy (non-hydrogen) atoms. The number of hydrogen-bond donors (Lipinski definition) is 0. The Kier molecular flexibility index (Phi) is 3.38. The summed E-state index contributed by atoms with van der Waals surface area (Å²) in [4.78, 5) is 8.08. The number of nitriles is 1. The van der Waals surface area contributed by atoms with Gasteiger partial charge in [0.05, 0.1) is 11.8 Å². The van der Waals surface area contributed by atoms with Gasteiger partial charge in [0, 0.05) is 6.20 Å². The topological polar surface area (TPSA) is 49.6 Å². The molecule has 0 aliphatic heterocycles. The summed E-state index contributed by atoms with van der Waals surface area (Å²) in [5.74, 6) is -0.327. The zero-order chi connectivity index (χ0) is 13.1. The molecule has 1 atom stereocenters. The Morgan fingerprint density at radius 2 is 1.89 bits per heavy atom. The zero-order valence-corrected chi connectivity index (χ0v) is 10.8. The number of hydrogen-bond acceptors (Lipinski definition) is 3. The van der Waals surface area contributed by atoms with Gasteiger partial charge in [-0.05, 0) is 49.1 Å². The quantitative estimate of drug-likeness (QED) is 0.806. The highest BCUT2D eigenvalue weighted by Gasteiger charge is 2.18. The number of rotatable bonds is 2. The summed E-state index contributed by atoms with van der Waals surface area (Å²) < 4.78 is 0. The van der Waals surface area contributed by atoms with Crippen LogP contribution >= 0.6 is 0 Å². The van der Waals surface area contributed by atoms with E-state index in [0.29, 0.717) is 0 Å². The molecular weight excluding hydrogens is 222 g/mol. The van der Waals surface area contributed by atoms with Crippen molar-refractivity contribution in [3.05, 3.63) is 58.7 Å². The van der Waals surface area contributed by atoms with Gasteiger partial charge < -0.3 is 0 Å². The minimum absolute atomic E-state index is 0.327. The van der Waals surface area contributed by atoms with Gasteiger partial charge in [-0.3, -0.25) is 0 Å².